The number of morpholine rings is 1. The highest BCUT2D eigenvalue weighted by Crippen LogP contribution is 2.32. The predicted molar refractivity (Wildman–Crippen MR) is 115 cm³/mol. The molecule has 3 rings (SSSR count). The first kappa shape index (κ1) is 21.3. The summed E-state index contributed by atoms with van der Waals surface area (Å²) in [5.41, 5.74) is 1.06. The van der Waals surface area contributed by atoms with E-state index in [2.05, 4.69) is 46.8 Å². The molecule has 2 saturated heterocycles. The normalized spacial score (nSPS) is 23.0. The van der Waals surface area contributed by atoms with Gasteiger partial charge in [0.2, 0.25) is 5.88 Å². The number of benzene rings is 1. The largest absolute Gasteiger partial charge is 0.481 e. The predicted octanol–water partition coefficient (Wildman–Crippen LogP) is 3.01. The van der Waals surface area contributed by atoms with Crippen molar-refractivity contribution in [1.82, 2.24) is 9.80 Å². The smallest absolute Gasteiger partial charge is 0.256 e. The number of rotatable bonds is 7. The second-order valence-corrected chi connectivity index (χ2v) is 7.68. The molecule has 1 amide bonds. The molecule has 0 saturated carbocycles. The Kier molecular flexibility index (Phi) is 7.23. The van der Waals surface area contributed by atoms with E-state index in [0.717, 1.165) is 38.9 Å². The van der Waals surface area contributed by atoms with Gasteiger partial charge in [-0.2, -0.15) is 0 Å². The fourth-order valence-corrected chi connectivity index (χ4v) is 3.97. The van der Waals surface area contributed by atoms with Gasteiger partial charge in [0.05, 0.1) is 19.3 Å². The number of aliphatic imine (C=N–C) groups is 1. The van der Waals surface area contributed by atoms with Crippen LogP contribution in [0.15, 0.2) is 59.9 Å². The molecule has 2 aliphatic heterocycles. The van der Waals surface area contributed by atoms with Gasteiger partial charge in [0.15, 0.2) is 0 Å². The first-order chi connectivity index (χ1) is 14.0. The Hall–Kier alpha value is -2.44. The zero-order valence-corrected chi connectivity index (χ0v) is 17.4. The van der Waals surface area contributed by atoms with Gasteiger partial charge in [-0.1, -0.05) is 43.0 Å². The number of hydrogen-bond donors (Lipinski definition) is 0. The fourth-order valence-electron chi connectivity index (χ4n) is 3.97. The van der Waals surface area contributed by atoms with Crippen LogP contribution in [0.5, 0.6) is 0 Å². The molecular weight excluding hydrogens is 366 g/mol. The fraction of sp³-hybridized carbons (Fsp3) is 0.478. The van der Waals surface area contributed by atoms with Crippen molar-refractivity contribution in [1.29, 1.82) is 0 Å². The number of carbonyl (C=O) groups excluding carboxylic acids is 1. The van der Waals surface area contributed by atoms with Crippen LogP contribution in [0.2, 0.25) is 0 Å². The lowest BCUT2D eigenvalue weighted by molar-refractivity contribution is -0.181. The summed E-state index contributed by atoms with van der Waals surface area (Å²) >= 11 is 0. The highest BCUT2D eigenvalue weighted by atomic mass is 16.5. The lowest BCUT2D eigenvalue weighted by Crippen LogP contribution is -2.61. The van der Waals surface area contributed by atoms with Gasteiger partial charge in [-0.3, -0.25) is 9.69 Å². The molecule has 2 aliphatic rings. The van der Waals surface area contributed by atoms with E-state index in [1.165, 1.54) is 5.56 Å². The summed E-state index contributed by atoms with van der Waals surface area (Å²) in [5.74, 6) is 0.344. The van der Waals surface area contributed by atoms with Gasteiger partial charge < -0.3 is 14.4 Å². The molecule has 0 aromatic heterocycles. The van der Waals surface area contributed by atoms with Crippen LogP contribution in [0.25, 0.3) is 0 Å². The molecular formula is C23H31N3O3. The van der Waals surface area contributed by atoms with Crippen LogP contribution in [0.1, 0.15) is 25.3 Å². The Morgan fingerprint density at radius 2 is 2.07 bits per heavy atom. The molecule has 0 N–H and O–H groups in total. The summed E-state index contributed by atoms with van der Waals surface area (Å²) in [7, 11) is 1.54. The van der Waals surface area contributed by atoms with Crippen LogP contribution < -0.4 is 0 Å². The van der Waals surface area contributed by atoms with Crippen molar-refractivity contribution in [2.75, 3.05) is 33.3 Å². The second-order valence-electron chi connectivity index (χ2n) is 7.68. The lowest BCUT2D eigenvalue weighted by Gasteiger charge is -2.48. The van der Waals surface area contributed by atoms with Crippen LogP contribution in [-0.2, 0) is 20.7 Å². The third-order valence-electron chi connectivity index (χ3n) is 5.64. The molecule has 156 valence electrons. The molecule has 0 bridgehead atoms. The zero-order valence-electron chi connectivity index (χ0n) is 17.4. The molecule has 29 heavy (non-hydrogen) atoms. The Morgan fingerprint density at radius 3 is 2.72 bits per heavy atom. The number of piperidine rings is 1. The highest BCUT2D eigenvalue weighted by Gasteiger charge is 2.44. The number of allylic oxidation sites excluding steroid dienone is 2. The minimum atomic E-state index is -0.472. The Labute approximate surface area is 173 Å². The number of amides is 1. The van der Waals surface area contributed by atoms with Crippen molar-refractivity contribution in [3.8, 4) is 0 Å². The maximum Gasteiger partial charge on any atom is 0.256 e. The summed E-state index contributed by atoms with van der Waals surface area (Å²) in [6.45, 7) is 8.98. The highest BCUT2D eigenvalue weighted by molar-refractivity contribution is 5.91. The third kappa shape index (κ3) is 5.55. The van der Waals surface area contributed by atoms with Gasteiger partial charge in [-0.15, -0.1) is 0 Å². The standard InChI is InChI=1S/C23H31N3O3/c1-4-8-21(28-3)24-18-26-17-23(29-19(2)22(26)27)12-15-25(16-13-23)14-11-20-9-6-5-7-10-20/h4-10,18-19H,1,11-17H2,2-3H3/b21-8+,24-18?. The van der Waals surface area contributed by atoms with E-state index in [0.29, 0.717) is 12.4 Å². The molecule has 1 spiro atoms. The molecule has 2 fully saturated rings. The molecule has 1 atom stereocenters. The summed E-state index contributed by atoms with van der Waals surface area (Å²) in [5, 5.41) is 0. The van der Waals surface area contributed by atoms with E-state index < -0.39 is 6.10 Å². The van der Waals surface area contributed by atoms with Crippen molar-refractivity contribution in [3.05, 3.63) is 60.5 Å². The molecule has 1 aromatic carbocycles. The molecule has 6 heteroatoms. The maximum atomic E-state index is 12.6. The monoisotopic (exact) mass is 397 g/mol. The first-order valence-corrected chi connectivity index (χ1v) is 10.2. The van der Waals surface area contributed by atoms with Crippen molar-refractivity contribution >= 4 is 12.2 Å². The van der Waals surface area contributed by atoms with E-state index in [1.54, 1.807) is 30.5 Å². The average molecular weight is 398 g/mol. The average Bonchev–Trinajstić information content (AvgIpc) is 2.75. The number of methoxy groups -OCH3 is 1. The Balaban J connectivity index is 1.58. The van der Waals surface area contributed by atoms with E-state index >= 15 is 0 Å². The van der Waals surface area contributed by atoms with E-state index in [9.17, 15) is 4.79 Å². The van der Waals surface area contributed by atoms with Gasteiger partial charge in [0.25, 0.3) is 5.91 Å². The number of carbonyl (C=O) groups is 1. The number of hydrogen-bond acceptors (Lipinski definition) is 5. The topological polar surface area (TPSA) is 54.4 Å². The van der Waals surface area contributed by atoms with Gasteiger partial charge in [0, 0.05) is 19.6 Å². The Morgan fingerprint density at radius 1 is 1.34 bits per heavy atom. The van der Waals surface area contributed by atoms with Gasteiger partial charge in [-0.05, 0) is 37.8 Å². The summed E-state index contributed by atoms with van der Waals surface area (Å²) < 4.78 is 11.4. The van der Waals surface area contributed by atoms with E-state index in [4.69, 9.17) is 9.47 Å². The SMILES string of the molecule is C=C/C=C(\N=CN1CC2(CCN(CCc3ccccc3)CC2)OC(C)C1=O)OC. The first-order valence-electron chi connectivity index (χ1n) is 10.2. The zero-order chi connectivity index (χ0) is 20.7. The van der Waals surface area contributed by atoms with Gasteiger partial charge in [0.1, 0.15) is 12.4 Å². The molecule has 2 heterocycles. The molecule has 0 radical (unpaired) electrons. The van der Waals surface area contributed by atoms with E-state index in [1.807, 2.05) is 6.92 Å². The number of likely N-dealkylation sites (tertiary alicyclic amines) is 1. The maximum absolute atomic E-state index is 12.6. The Bertz CT molecular complexity index is 752. The molecule has 1 aromatic rings. The van der Waals surface area contributed by atoms with Gasteiger partial charge >= 0.3 is 0 Å². The van der Waals surface area contributed by atoms with Crippen LogP contribution in [0, 0.1) is 0 Å². The quantitative estimate of drug-likeness (QED) is 0.307. The summed E-state index contributed by atoms with van der Waals surface area (Å²) in [6.07, 6.45) is 7.22. The van der Waals surface area contributed by atoms with Gasteiger partial charge in [-0.25, -0.2) is 4.99 Å². The molecule has 6 nitrogen and oxygen atoms in total. The summed E-state index contributed by atoms with van der Waals surface area (Å²) in [4.78, 5) is 21.0. The second kappa shape index (κ2) is 9.85. The van der Waals surface area contributed by atoms with Crippen molar-refractivity contribution in [2.45, 2.75) is 37.9 Å². The van der Waals surface area contributed by atoms with Crippen molar-refractivity contribution in [3.63, 3.8) is 0 Å². The third-order valence-corrected chi connectivity index (χ3v) is 5.64. The van der Waals surface area contributed by atoms with Crippen LogP contribution in [0.3, 0.4) is 0 Å². The summed E-state index contributed by atoms with van der Waals surface area (Å²) in [6, 6.07) is 10.6. The number of nitrogens with zero attached hydrogens (tertiary/aromatic N) is 3. The molecule has 1 unspecified atom stereocenters. The lowest BCUT2D eigenvalue weighted by atomic mass is 9.88. The number of ether oxygens (including phenoxy) is 2. The van der Waals surface area contributed by atoms with Crippen molar-refractivity contribution < 1.29 is 14.3 Å². The van der Waals surface area contributed by atoms with Crippen LogP contribution >= 0.6 is 0 Å². The van der Waals surface area contributed by atoms with Crippen LogP contribution in [-0.4, -0.2) is 67.0 Å². The minimum Gasteiger partial charge on any atom is -0.481 e. The molecule has 0 aliphatic carbocycles. The van der Waals surface area contributed by atoms with Crippen LogP contribution in [0.4, 0.5) is 0 Å². The minimum absolute atomic E-state index is 0.0695. The van der Waals surface area contributed by atoms with Crippen molar-refractivity contribution in [2.24, 2.45) is 4.99 Å². The van der Waals surface area contributed by atoms with E-state index in [-0.39, 0.29) is 11.5 Å².